The summed E-state index contributed by atoms with van der Waals surface area (Å²) in [6.07, 6.45) is 4.47. The molecule has 2 aromatic carbocycles. The summed E-state index contributed by atoms with van der Waals surface area (Å²) in [7, 11) is 0. The number of hydrogen-bond donors (Lipinski definition) is 0. The van der Waals surface area contributed by atoms with Gasteiger partial charge < -0.3 is 9.64 Å². The molecule has 2 rings (SSSR count). The standard InChI is InChI=1S/C23H28N2O2/c1-2-3-7-19-27-22-13-11-21(12-14-22)23(26)25(17-8-16-24)18-15-20-9-5-4-6-10-20/h4-6,9-14H,2-3,7-8,15,17-19H2,1H3. The number of unbranched alkanes of at least 4 members (excludes halogenated alkanes) is 2. The Labute approximate surface area is 162 Å². The van der Waals surface area contributed by atoms with Crippen LogP contribution in [0.1, 0.15) is 48.5 Å². The topological polar surface area (TPSA) is 53.3 Å². The van der Waals surface area contributed by atoms with E-state index in [-0.39, 0.29) is 5.91 Å². The summed E-state index contributed by atoms with van der Waals surface area (Å²) in [5.74, 6) is 0.745. The number of nitrogens with zero attached hydrogens (tertiary/aromatic N) is 2. The fourth-order valence-corrected chi connectivity index (χ4v) is 2.83. The zero-order chi connectivity index (χ0) is 19.3. The highest BCUT2D eigenvalue weighted by Gasteiger charge is 2.15. The van der Waals surface area contributed by atoms with Gasteiger partial charge in [0.25, 0.3) is 5.91 Å². The van der Waals surface area contributed by atoms with Crippen LogP contribution in [0.4, 0.5) is 0 Å². The molecule has 0 aliphatic rings. The fourth-order valence-electron chi connectivity index (χ4n) is 2.83. The van der Waals surface area contributed by atoms with E-state index in [0.717, 1.165) is 31.4 Å². The molecule has 0 aromatic heterocycles. The van der Waals surface area contributed by atoms with Gasteiger partial charge in [0, 0.05) is 18.7 Å². The zero-order valence-corrected chi connectivity index (χ0v) is 16.1. The highest BCUT2D eigenvalue weighted by molar-refractivity contribution is 5.94. The van der Waals surface area contributed by atoms with Crippen LogP contribution in [-0.4, -0.2) is 30.5 Å². The lowest BCUT2D eigenvalue weighted by atomic mass is 10.1. The van der Waals surface area contributed by atoms with Gasteiger partial charge in [0.15, 0.2) is 0 Å². The third-order valence-electron chi connectivity index (χ3n) is 4.41. The van der Waals surface area contributed by atoms with Crippen molar-refractivity contribution >= 4 is 5.91 Å². The van der Waals surface area contributed by atoms with Crippen LogP contribution in [0.25, 0.3) is 0 Å². The van der Waals surface area contributed by atoms with Gasteiger partial charge in [-0.15, -0.1) is 0 Å². The largest absolute Gasteiger partial charge is 0.494 e. The first-order valence-corrected chi connectivity index (χ1v) is 9.67. The van der Waals surface area contributed by atoms with Crippen LogP contribution in [0.2, 0.25) is 0 Å². The van der Waals surface area contributed by atoms with Crippen molar-refractivity contribution in [1.82, 2.24) is 4.90 Å². The second-order valence-corrected chi connectivity index (χ2v) is 6.52. The molecule has 0 unspecified atom stereocenters. The highest BCUT2D eigenvalue weighted by Crippen LogP contribution is 2.15. The van der Waals surface area contributed by atoms with E-state index in [1.54, 1.807) is 17.0 Å². The van der Waals surface area contributed by atoms with E-state index >= 15 is 0 Å². The molecule has 0 aliphatic heterocycles. The van der Waals surface area contributed by atoms with Crippen LogP contribution >= 0.6 is 0 Å². The number of ether oxygens (including phenoxy) is 1. The average Bonchev–Trinajstić information content (AvgIpc) is 2.72. The van der Waals surface area contributed by atoms with Crippen molar-refractivity contribution < 1.29 is 9.53 Å². The molecule has 2 aromatic rings. The fraction of sp³-hybridized carbons (Fsp3) is 0.391. The number of rotatable bonds is 11. The summed E-state index contributed by atoms with van der Waals surface area (Å²) in [5, 5.41) is 8.91. The molecule has 0 atom stereocenters. The number of hydrogen-bond acceptors (Lipinski definition) is 3. The Morgan fingerprint density at radius 3 is 2.44 bits per heavy atom. The van der Waals surface area contributed by atoms with Gasteiger partial charge in [-0.1, -0.05) is 50.1 Å². The van der Waals surface area contributed by atoms with E-state index in [2.05, 4.69) is 25.1 Å². The first kappa shape index (κ1) is 20.5. The highest BCUT2D eigenvalue weighted by atomic mass is 16.5. The van der Waals surface area contributed by atoms with Crippen molar-refractivity contribution in [3.05, 3.63) is 65.7 Å². The van der Waals surface area contributed by atoms with Crippen LogP contribution < -0.4 is 4.74 Å². The van der Waals surface area contributed by atoms with Crippen LogP contribution in [0.5, 0.6) is 5.75 Å². The lowest BCUT2D eigenvalue weighted by Crippen LogP contribution is -2.33. The Kier molecular flexibility index (Phi) is 8.92. The quantitative estimate of drug-likeness (QED) is 0.535. The van der Waals surface area contributed by atoms with Crippen molar-refractivity contribution in [2.45, 2.75) is 39.0 Å². The third-order valence-corrected chi connectivity index (χ3v) is 4.41. The lowest BCUT2D eigenvalue weighted by molar-refractivity contribution is 0.0761. The molecule has 1 amide bonds. The summed E-state index contributed by atoms with van der Waals surface area (Å²) in [6.45, 7) is 3.90. The maximum atomic E-state index is 12.9. The van der Waals surface area contributed by atoms with E-state index in [4.69, 9.17) is 10.00 Å². The molecule has 0 fully saturated rings. The molecule has 0 spiro atoms. The molecule has 0 saturated heterocycles. The van der Waals surface area contributed by atoms with Gasteiger partial charge in [-0.3, -0.25) is 4.79 Å². The van der Waals surface area contributed by atoms with Gasteiger partial charge in [-0.25, -0.2) is 0 Å². The molecule has 142 valence electrons. The van der Waals surface area contributed by atoms with Gasteiger partial charge in [0.05, 0.1) is 19.1 Å². The van der Waals surface area contributed by atoms with Crippen LogP contribution in [0.3, 0.4) is 0 Å². The molecule has 0 N–H and O–H groups in total. The van der Waals surface area contributed by atoms with Gasteiger partial charge in [-0.05, 0) is 42.7 Å². The Morgan fingerprint density at radius 1 is 1.04 bits per heavy atom. The number of benzene rings is 2. The van der Waals surface area contributed by atoms with Crippen molar-refractivity contribution in [2.75, 3.05) is 19.7 Å². The van der Waals surface area contributed by atoms with E-state index < -0.39 is 0 Å². The smallest absolute Gasteiger partial charge is 0.253 e. The van der Waals surface area contributed by atoms with Crippen molar-refractivity contribution in [1.29, 1.82) is 5.26 Å². The third kappa shape index (κ3) is 7.15. The SMILES string of the molecule is CCCCCOc1ccc(C(=O)N(CCC#N)CCc2ccccc2)cc1. The van der Waals surface area contributed by atoms with Crippen molar-refractivity contribution in [3.63, 3.8) is 0 Å². The van der Waals surface area contributed by atoms with Gasteiger partial charge in [0.1, 0.15) is 5.75 Å². The Morgan fingerprint density at radius 2 is 1.78 bits per heavy atom. The maximum absolute atomic E-state index is 12.9. The molecule has 0 radical (unpaired) electrons. The number of nitriles is 1. The molecular formula is C23H28N2O2. The van der Waals surface area contributed by atoms with Crippen molar-refractivity contribution in [3.8, 4) is 11.8 Å². The Bertz CT molecular complexity index is 720. The van der Waals surface area contributed by atoms with Gasteiger partial charge in [0.2, 0.25) is 0 Å². The summed E-state index contributed by atoms with van der Waals surface area (Å²) in [5.41, 5.74) is 1.81. The van der Waals surface area contributed by atoms with Crippen molar-refractivity contribution in [2.24, 2.45) is 0 Å². The van der Waals surface area contributed by atoms with E-state index in [1.807, 2.05) is 30.3 Å². The predicted octanol–water partition coefficient (Wildman–Crippen LogP) is 4.85. The predicted molar refractivity (Wildman–Crippen MR) is 108 cm³/mol. The van der Waals surface area contributed by atoms with Crippen LogP contribution in [0.15, 0.2) is 54.6 Å². The molecule has 4 heteroatoms. The van der Waals surface area contributed by atoms with E-state index in [1.165, 1.54) is 5.56 Å². The number of carbonyl (C=O) groups excluding carboxylic acids is 1. The molecule has 4 nitrogen and oxygen atoms in total. The Balaban J connectivity index is 1.95. The zero-order valence-electron chi connectivity index (χ0n) is 16.1. The second-order valence-electron chi connectivity index (χ2n) is 6.52. The average molecular weight is 364 g/mol. The minimum atomic E-state index is -0.0429. The second kappa shape index (κ2) is 11.7. The first-order chi connectivity index (χ1) is 13.2. The monoisotopic (exact) mass is 364 g/mol. The minimum absolute atomic E-state index is 0.0429. The first-order valence-electron chi connectivity index (χ1n) is 9.67. The summed E-state index contributed by atoms with van der Waals surface area (Å²) in [4.78, 5) is 14.6. The minimum Gasteiger partial charge on any atom is -0.494 e. The molecule has 0 heterocycles. The van der Waals surface area contributed by atoms with Gasteiger partial charge >= 0.3 is 0 Å². The number of amides is 1. The molecule has 0 bridgehead atoms. The molecule has 27 heavy (non-hydrogen) atoms. The molecule has 0 aliphatic carbocycles. The lowest BCUT2D eigenvalue weighted by Gasteiger charge is -2.22. The summed E-state index contributed by atoms with van der Waals surface area (Å²) >= 11 is 0. The van der Waals surface area contributed by atoms with Gasteiger partial charge in [-0.2, -0.15) is 5.26 Å². The molecule has 0 saturated carbocycles. The van der Waals surface area contributed by atoms with E-state index in [0.29, 0.717) is 31.7 Å². The summed E-state index contributed by atoms with van der Waals surface area (Å²) < 4.78 is 5.71. The maximum Gasteiger partial charge on any atom is 0.253 e. The van der Waals surface area contributed by atoms with Crippen LogP contribution in [0, 0.1) is 11.3 Å². The number of carbonyl (C=O) groups is 1. The molecular weight excluding hydrogens is 336 g/mol. The van der Waals surface area contributed by atoms with Crippen LogP contribution in [-0.2, 0) is 6.42 Å². The normalized spacial score (nSPS) is 10.2. The Hall–Kier alpha value is -2.80. The van der Waals surface area contributed by atoms with E-state index in [9.17, 15) is 4.79 Å². The summed E-state index contributed by atoms with van der Waals surface area (Å²) in [6, 6.07) is 19.5.